The zero-order chi connectivity index (χ0) is 17.0. The summed E-state index contributed by atoms with van der Waals surface area (Å²) in [5.74, 6) is 0.889. The number of sulfonamides is 1. The van der Waals surface area contributed by atoms with Gasteiger partial charge in [-0.05, 0) is 36.1 Å². The van der Waals surface area contributed by atoms with E-state index in [0.29, 0.717) is 23.5 Å². The molecular formula is C16H23N3O3S. The lowest BCUT2D eigenvalue weighted by molar-refractivity contribution is 0.406. The molecule has 0 radical (unpaired) electrons. The Morgan fingerprint density at radius 2 is 2.09 bits per heavy atom. The summed E-state index contributed by atoms with van der Waals surface area (Å²) in [6.45, 7) is 6.63. The summed E-state index contributed by atoms with van der Waals surface area (Å²) < 4.78 is 35.0. The van der Waals surface area contributed by atoms with Crippen LogP contribution in [0.15, 0.2) is 35.7 Å². The molecule has 126 valence electrons. The van der Waals surface area contributed by atoms with E-state index in [-0.39, 0.29) is 5.92 Å². The maximum absolute atomic E-state index is 12.6. The number of methoxy groups -OCH3 is 1. The van der Waals surface area contributed by atoms with Gasteiger partial charge in [-0.2, -0.15) is 0 Å². The van der Waals surface area contributed by atoms with Crippen LogP contribution in [-0.4, -0.2) is 31.6 Å². The molecule has 0 saturated carbocycles. The summed E-state index contributed by atoms with van der Waals surface area (Å²) in [7, 11) is -1.97. The lowest BCUT2D eigenvalue weighted by atomic mass is 10.0. The van der Waals surface area contributed by atoms with Crippen molar-refractivity contribution in [3.05, 3.63) is 42.0 Å². The highest BCUT2D eigenvalue weighted by Crippen LogP contribution is 2.31. The lowest BCUT2D eigenvalue weighted by Gasteiger charge is -2.16. The van der Waals surface area contributed by atoms with E-state index < -0.39 is 10.0 Å². The Bertz CT molecular complexity index is 753. The van der Waals surface area contributed by atoms with E-state index in [1.807, 2.05) is 18.4 Å². The van der Waals surface area contributed by atoms with Crippen molar-refractivity contribution in [3.63, 3.8) is 0 Å². The van der Waals surface area contributed by atoms with E-state index in [0.717, 1.165) is 11.3 Å². The molecule has 0 aliphatic carbocycles. The van der Waals surface area contributed by atoms with E-state index in [2.05, 4.69) is 9.71 Å². The number of hydrogen-bond donors (Lipinski definition) is 1. The highest BCUT2D eigenvalue weighted by molar-refractivity contribution is 7.89. The normalized spacial score (nSPS) is 11.9. The van der Waals surface area contributed by atoms with Crippen LogP contribution in [0.2, 0.25) is 0 Å². The second-order valence-electron chi connectivity index (χ2n) is 5.71. The van der Waals surface area contributed by atoms with Gasteiger partial charge in [-0.15, -0.1) is 0 Å². The second kappa shape index (κ2) is 7.14. The van der Waals surface area contributed by atoms with E-state index in [9.17, 15) is 8.42 Å². The van der Waals surface area contributed by atoms with Crippen molar-refractivity contribution in [2.24, 2.45) is 0 Å². The van der Waals surface area contributed by atoms with Crippen molar-refractivity contribution in [1.29, 1.82) is 0 Å². The zero-order valence-corrected chi connectivity index (χ0v) is 14.7. The Hall–Kier alpha value is -1.86. The summed E-state index contributed by atoms with van der Waals surface area (Å²) in [6.07, 6.45) is 5.12. The topological polar surface area (TPSA) is 73.2 Å². The zero-order valence-electron chi connectivity index (χ0n) is 13.9. The number of imidazole rings is 1. The van der Waals surface area contributed by atoms with Crippen LogP contribution in [-0.2, 0) is 16.6 Å². The molecule has 6 nitrogen and oxygen atoms in total. The van der Waals surface area contributed by atoms with Crippen LogP contribution >= 0.6 is 0 Å². The fourth-order valence-electron chi connectivity index (χ4n) is 2.40. The molecule has 0 spiro atoms. The van der Waals surface area contributed by atoms with Crippen LogP contribution in [0.3, 0.4) is 0 Å². The lowest BCUT2D eigenvalue weighted by Crippen LogP contribution is -2.28. The van der Waals surface area contributed by atoms with Gasteiger partial charge in [-0.25, -0.2) is 18.1 Å². The number of nitrogens with one attached hydrogen (secondary N) is 1. The van der Waals surface area contributed by atoms with Gasteiger partial charge in [-0.3, -0.25) is 0 Å². The minimum atomic E-state index is -3.56. The molecule has 1 N–H and O–H groups in total. The third-order valence-electron chi connectivity index (χ3n) is 3.66. The number of rotatable bonds is 7. The van der Waals surface area contributed by atoms with Gasteiger partial charge in [0.2, 0.25) is 10.0 Å². The Morgan fingerprint density at radius 1 is 1.35 bits per heavy atom. The van der Waals surface area contributed by atoms with Crippen molar-refractivity contribution in [2.75, 3.05) is 13.7 Å². The quantitative estimate of drug-likeness (QED) is 0.841. The minimum absolute atomic E-state index is 0.172. The third kappa shape index (κ3) is 4.11. The first-order valence-corrected chi connectivity index (χ1v) is 8.97. The van der Waals surface area contributed by atoms with Crippen molar-refractivity contribution in [3.8, 4) is 5.75 Å². The average Bonchev–Trinajstić information content (AvgIpc) is 2.99. The molecule has 0 atom stereocenters. The van der Waals surface area contributed by atoms with Crippen molar-refractivity contribution in [2.45, 2.75) is 38.1 Å². The molecule has 0 amide bonds. The van der Waals surface area contributed by atoms with Gasteiger partial charge in [0.15, 0.2) is 0 Å². The molecule has 1 aromatic carbocycles. The average molecular weight is 337 g/mol. The van der Waals surface area contributed by atoms with E-state index in [1.54, 1.807) is 44.9 Å². The molecule has 0 fully saturated rings. The highest BCUT2D eigenvalue weighted by Gasteiger charge is 2.20. The third-order valence-corrected chi connectivity index (χ3v) is 5.26. The largest absolute Gasteiger partial charge is 0.496 e. The molecule has 2 rings (SSSR count). The van der Waals surface area contributed by atoms with Crippen molar-refractivity contribution < 1.29 is 13.2 Å². The highest BCUT2D eigenvalue weighted by atomic mass is 32.2. The first-order chi connectivity index (χ1) is 10.8. The Morgan fingerprint density at radius 3 is 2.65 bits per heavy atom. The van der Waals surface area contributed by atoms with Gasteiger partial charge in [0.05, 0.1) is 18.3 Å². The van der Waals surface area contributed by atoms with Crippen LogP contribution in [0.25, 0.3) is 0 Å². The molecule has 23 heavy (non-hydrogen) atoms. The first-order valence-electron chi connectivity index (χ1n) is 7.49. The smallest absolute Gasteiger partial charge is 0.240 e. The minimum Gasteiger partial charge on any atom is -0.496 e. The maximum Gasteiger partial charge on any atom is 0.240 e. The summed E-state index contributed by atoms with van der Waals surface area (Å²) in [5.41, 5.74) is 1.55. The standard InChI is InChI=1S/C16H23N3O3S/c1-12(2)14-10-16(13(3)9-15(14)22-4)23(20,21)18-6-8-19-7-5-17-11-19/h5,7,9-12,18H,6,8H2,1-4H3. The molecule has 7 heteroatoms. The monoisotopic (exact) mass is 337 g/mol. The number of aryl methyl sites for hydroxylation is 1. The molecular weight excluding hydrogens is 314 g/mol. The Balaban J connectivity index is 2.22. The predicted octanol–water partition coefficient (Wildman–Crippen LogP) is 2.30. The van der Waals surface area contributed by atoms with Gasteiger partial charge < -0.3 is 9.30 Å². The molecule has 0 aliphatic heterocycles. The number of ether oxygens (including phenoxy) is 1. The van der Waals surface area contributed by atoms with E-state index in [1.165, 1.54) is 0 Å². The van der Waals surface area contributed by atoms with Crippen LogP contribution in [0.1, 0.15) is 30.9 Å². The van der Waals surface area contributed by atoms with Gasteiger partial charge in [-0.1, -0.05) is 13.8 Å². The molecule has 0 saturated heterocycles. The van der Waals surface area contributed by atoms with Crippen LogP contribution in [0.4, 0.5) is 0 Å². The van der Waals surface area contributed by atoms with Crippen LogP contribution < -0.4 is 9.46 Å². The van der Waals surface area contributed by atoms with Gasteiger partial charge in [0.25, 0.3) is 0 Å². The number of nitrogens with zero attached hydrogens (tertiary/aromatic N) is 2. The SMILES string of the molecule is COc1cc(C)c(S(=O)(=O)NCCn2ccnc2)cc1C(C)C. The molecule has 0 unspecified atom stereocenters. The fraction of sp³-hybridized carbons (Fsp3) is 0.438. The molecule has 2 aromatic rings. The fourth-order valence-corrected chi connectivity index (χ4v) is 3.68. The summed E-state index contributed by atoms with van der Waals surface area (Å²) in [4.78, 5) is 4.23. The summed E-state index contributed by atoms with van der Waals surface area (Å²) >= 11 is 0. The number of benzene rings is 1. The van der Waals surface area contributed by atoms with Crippen LogP contribution in [0.5, 0.6) is 5.75 Å². The molecule has 1 aromatic heterocycles. The summed E-state index contributed by atoms with van der Waals surface area (Å²) in [6, 6.07) is 3.48. The van der Waals surface area contributed by atoms with Crippen LogP contribution in [0, 0.1) is 6.92 Å². The van der Waals surface area contributed by atoms with Crippen molar-refractivity contribution >= 4 is 10.0 Å². The number of aromatic nitrogens is 2. The maximum atomic E-state index is 12.6. The first kappa shape index (κ1) is 17.5. The Kier molecular flexibility index (Phi) is 5.43. The summed E-state index contributed by atoms with van der Waals surface area (Å²) in [5, 5.41) is 0. The molecule has 0 aliphatic rings. The number of hydrogen-bond acceptors (Lipinski definition) is 4. The Labute approximate surface area is 137 Å². The van der Waals surface area contributed by atoms with Gasteiger partial charge >= 0.3 is 0 Å². The van der Waals surface area contributed by atoms with E-state index >= 15 is 0 Å². The molecule has 0 bridgehead atoms. The predicted molar refractivity (Wildman–Crippen MR) is 89.2 cm³/mol. The molecule has 1 heterocycles. The second-order valence-corrected chi connectivity index (χ2v) is 7.45. The van der Waals surface area contributed by atoms with E-state index in [4.69, 9.17) is 4.74 Å². The van der Waals surface area contributed by atoms with Crippen molar-refractivity contribution in [1.82, 2.24) is 14.3 Å². The van der Waals surface area contributed by atoms with Gasteiger partial charge in [0, 0.05) is 25.5 Å². The van der Waals surface area contributed by atoms with Gasteiger partial charge in [0.1, 0.15) is 5.75 Å².